The van der Waals surface area contributed by atoms with Crippen LogP contribution < -0.4 is 20.9 Å². The van der Waals surface area contributed by atoms with Gasteiger partial charge in [0.1, 0.15) is 24.6 Å². The second-order valence-corrected chi connectivity index (χ2v) is 9.77. The molecule has 1 unspecified atom stereocenters. The van der Waals surface area contributed by atoms with E-state index < -0.39 is 68.8 Å². The molecule has 0 saturated carbocycles. The van der Waals surface area contributed by atoms with Gasteiger partial charge in [-0.05, 0) is 39.8 Å². The number of carbonyl (C=O) groups is 1. The molecular weight excluding hydrogens is 500 g/mol. The van der Waals surface area contributed by atoms with Gasteiger partial charge in [-0.1, -0.05) is 18.2 Å². The third-order valence-corrected chi connectivity index (χ3v) is 6.24. The number of esters is 1. The molecule has 3 N–H and O–H groups in total. The molecule has 0 aliphatic heterocycles. The molecule has 0 bridgehead atoms. The Labute approximate surface area is 206 Å². The van der Waals surface area contributed by atoms with E-state index in [1.54, 1.807) is 32.0 Å². The highest BCUT2D eigenvalue weighted by Gasteiger charge is 2.35. The van der Waals surface area contributed by atoms with Crippen LogP contribution >= 0.6 is 7.75 Å². The number of aromatic amines is 1. The molecule has 1 aromatic heterocycles. The molecule has 0 amide bonds. The van der Waals surface area contributed by atoms with E-state index >= 15 is 0 Å². The highest BCUT2D eigenvalue weighted by atomic mass is 31.2. The summed E-state index contributed by atoms with van der Waals surface area (Å²) < 4.78 is 49.7. The van der Waals surface area contributed by atoms with Gasteiger partial charge in [-0.15, -0.1) is 0 Å². The van der Waals surface area contributed by atoms with Crippen molar-refractivity contribution in [3.8, 4) is 5.75 Å². The quantitative estimate of drug-likeness (QED) is 0.243. The molecule has 36 heavy (non-hydrogen) atoms. The lowest BCUT2D eigenvalue weighted by Crippen LogP contribution is -2.40. The van der Waals surface area contributed by atoms with Gasteiger partial charge in [0.05, 0.1) is 18.8 Å². The van der Waals surface area contributed by atoms with Crippen LogP contribution in [0.1, 0.15) is 33.9 Å². The number of hydrogen-bond acceptors (Lipinski definition) is 9. The number of nitrogens with one attached hydrogen (secondary N) is 2. The minimum Gasteiger partial charge on any atom is -0.462 e. The lowest BCUT2D eigenvalue weighted by atomic mass is 10.2. The van der Waals surface area contributed by atoms with Crippen molar-refractivity contribution in [1.29, 1.82) is 0 Å². The molecule has 0 fully saturated rings. The second-order valence-electron chi connectivity index (χ2n) is 8.08. The molecule has 0 spiro atoms. The number of halogens is 1. The summed E-state index contributed by atoms with van der Waals surface area (Å²) in [4.78, 5) is 37.5. The third kappa shape index (κ3) is 8.99. The van der Waals surface area contributed by atoms with E-state index in [2.05, 4.69) is 5.09 Å². The van der Waals surface area contributed by atoms with Crippen LogP contribution in [0.2, 0.25) is 0 Å². The number of aliphatic hydroxyl groups excluding tert-OH is 1. The summed E-state index contributed by atoms with van der Waals surface area (Å²) in [5.41, 5.74) is -1.60. The van der Waals surface area contributed by atoms with Gasteiger partial charge in [0.2, 0.25) is 0 Å². The Balaban J connectivity index is 2.23. The first-order valence-electron chi connectivity index (χ1n) is 11.1. The van der Waals surface area contributed by atoms with Gasteiger partial charge in [0.15, 0.2) is 6.23 Å². The number of hydrogen-bond donors (Lipinski definition) is 3. The van der Waals surface area contributed by atoms with Crippen LogP contribution in [0.15, 0.2) is 52.2 Å². The highest BCUT2D eigenvalue weighted by Crippen LogP contribution is 2.45. The van der Waals surface area contributed by atoms with E-state index in [9.17, 15) is 28.4 Å². The smallest absolute Gasteiger partial charge is 0.459 e. The topological polar surface area (TPSA) is 158 Å². The zero-order valence-electron chi connectivity index (χ0n) is 20.3. The van der Waals surface area contributed by atoms with Crippen LogP contribution in [0.25, 0.3) is 0 Å². The third-order valence-electron chi connectivity index (χ3n) is 4.60. The van der Waals surface area contributed by atoms with Crippen molar-refractivity contribution in [2.75, 3.05) is 13.3 Å². The molecule has 5 atom stereocenters. The average molecular weight is 531 g/mol. The first kappa shape index (κ1) is 29.4. The summed E-state index contributed by atoms with van der Waals surface area (Å²) in [5.74, 6) is -0.544. The van der Waals surface area contributed by atoms with Gasteiger partial charge in [0.25, 0.3) is 5.56 Å². The van der Waals surface area contributed by atoms with Crippen molar-refractivity contribution in [3.05, 3.63) is 63.4 Å². The Morgan fingerprint density at radius 2 is 1.83 bits per heavy atom. The number of aromatic nitrogens is 2. The van der Waals surface area contributed by atoms with E-state index in [4.69, 9.17) is 18.5 Å². The lowest BCUT2D eigenvalue weighted by Gasteiger charge is -2.28. The molecule has 0 aliphatic carbocycles. The fourth-order valence-electron chi connectivity index (χ4n) is 2.83. The SMILES string of the molecule is CC(C)OC(=O)[C@H](C)N[P@@](=O)(OCC(O[C@H](CF)n1ccc(=O)[nH]c1=O)[C@H](C)O)Oc1ccccc1. The summed E-state index contributed by atoms with van der Waals surface area (Å²) in [7, 11) is -4.28. The predicted octanol–water partition coefficient (Wildman–Crippen LogP) is 1.90. The number of alkyl halides is 1. The minimum atomic E-state index is -4.28. The number of ether oxygens (including phenoxy) is 2. The molecule has 2 rings (SSSR count). The molecule has 2 aromatic rings. The maximum atomic E-state index is 13.7. The van der Waals surface area contributed by atoms with Crippen molar-refractivity contribution in [2.45, 2.75) is 58.3 Å². The molecular formula is C22H31FN3O9P. The summed E-state index contributed by atoms with van der Waals surface area (Å²) in [6.07, 6.45) is -3.47. The van der Waals surface area contributed by atoms with E-state index in [-0.39, 0.29) is 5.75 Å². The first-order chi connectivity index (χ1) is 16.9. The Morgan fingerprint density at radius 1 is 1.17 bits per heavy atom. The number of benzene rings is 1. The van der Waals surface area contributed by atoms with Crippen LogP contribution in [0.3, 0.4) is 0 Å². The second kappa shape index (κ2) is 13.5. The van der Waals surface area contributed by atoms with Gasteiger partial charge in [-0.2, -0.15) is 5.09 Å². The van der Waals surface area contributed by atoms with Crippen molar-refractivity contribution in [2.24, 2.45) is 0 Å². The number of nitrogens with zero attached hydrogens (tertiary/aromatic N) is 1. The van der Waals surface area contributed by atoms with Crippen molar-refractivity contribution in [3.63, 3.8) is 0 Å². The number of carbonyl (C=O) groups excluding carboxylic acids is 1. The molecule has 12 nitrogen and oxygen atoms in total. The molecule has 200 valence electrons. The van der Waals surface area contributed by atoms with Crippen molar-refractivity contribution >= 4 is 13.7 Å². The van der Waals surface area contributed by atoms with Crippen LogP contribution in [0.5, 0.6) is 5.75 Å². The summed E-state index contributed by atoms with van der Waals surface area (Å²) >= 11 is 0. The fourth-order valence-corrected chi connectivity index (χ4v) is 4.33. The molecule has 14 heteroatoms. The molecule has 0 saturated heterocycles. The number of aliphatic hydroxyl groups is 1. The average Bonchev–Trinajstić information content (AvgIpc) is 2.79. The predicted molar refractivity (Wildman–Crippen MR) is 127 cm³/mol. The number of para-hydroxylation sites is 1. The zero-order chi connectivity index (χ0) is 26.9. The maximum absolute atomic E-state index is 13.7. The highest BCUT2D eigenvalue weighted by molar-refractivity contribution is 7.52. The first-order valence-corrected chi connectivity index (χ1v) is 12.7. The van der Waals surface area contributed by atoms with Gasteiger partial charge >= 0.3 is 19.4 Å². The normalized spacial score (nSPS) is 16.5. The Hall–Kier alpha value is -2.83. The van der Waals surface area contributed by atoms with Gasteiger partial charge in [0, 0.05) is 12.3 Å². The summed E-state index contributed by atoms with van der Waals surface area (Å²) in [5, 5.41) is 12.7. The molecule has 1 aromatic carbocycles. The standard InChI is InChI=1S/C22H31FN3O9P/c1-14(2)33-21(29)15(3)25-36(31,35-17-8-6-5-7-9-17)32-13-18(16(4)27)34-20(12-23)26-11-10-19(28)24-22(26)30/h5-11,14-16,18,20,27H,12-13H2,1-4H3,(H,25,31)(H,24,28,30)/t15-,16-,18?,20+,36+/m0/s1. The van der Waals surface area contributed by atoms with E-state index in [0.29, 0.717) is 0 Å². The molecule has 0 aliphatic rings. The van der Waals surface area contributed by atoms with Gasteiger partial charge in [-0.25, -0.2) is 13.8 Å². The van der Waals surface area contributed by atoms with Crippen LogP contribution in [0.4, 0.5) is 4.39 Å². The van der Waals surface area contributed by atoms with Crippen LogP contribution in [0, 0.1) is 0 Å². The monoisotopic (exact) mass is 531 g/mol. The fraction of sp³-hybridized carbons (Fsp3) is 0.500. The number of rotatable bonds is 14. The summed E-state index contributed by atoms with van der Waals surface area (Å²) in [6.45, 7) is 4.25. The Morgan fingerprint density at radius 3 is 2.39 bits per heavy atom. The summed E-state index contributed by atoms with van der Waals surface area (Å²) in [6, 6.07) is 7.90. The zero-order valence-corrected chi connectivity index (χ0v) is 21.2. The van der Waals surface area contributed by atoms with Crippen molar-refractivity contribution < 1.29 is 37.4 Å². The molecule has 1 heterocycles. The van der Waals surface area contributed by atoms with E-state index in [1.807, 2.05) is 4.98 Å². The van der Waals surface area contributed by atoms with Crippen molar-refractivity contribution in [1.82, 2.24) is 14.6 Å². The van der Waals surface area contributed by atoms with Crippen LogP contribution in [-0.2, 0) is 23.4 Å². The minimum absolute atomic E-state index is 0.161. The van der Waals surface area contributed by atoms with Gasteiger partial charge in [-0.3, -0.25) is 23.7 Å². The maximum Gasteiger partial charge on any atom is 0.459 e. The van der Waals surface area contributed by atoms with E-state index in [1.165, 1.54) is 26.0 Å². The number of H-pyrrole nitrogens is 1. The van der Waals surface area contributed by atoms with E-state index in [0.717, 1.165) is 16.8 Å². The Kier molecular flexibility index (Phi) is 11.0. The Bertz CT molecular complexity index is 1140. The van der Waals surface area contributed by atoms with Crippen LogP contribution in [-0.4, -0.2) is 58.3 Å². The lowest BCUT2D eigenvalue weighted by molar-refractivity contribution is -0.149. The van der Waals surface area contributed by atoms with Gasteiger partial charge < -0.3 is 19.1 Å². The largest absolute Gasteiger partial charge is 0.462 e. The molecule has 0 radical (unpaired) electrons.